The number of nitrogen functional groups attached to an aromatic ring is 1. The summed E-state index contributed by atoms with van der Waals surface area (Å²) >= 11 is 0. The van der Waals surface area contributed by atoms with Gasteiger partial charge in [-0.15, -0.1) is 0 Å². The van der Waals surface area contributed by atoms with Gasteiger partial charge in [0, 0.05) is 6.61 Å². The fourth-order valence-corrected chi connectivity index (χ4v) is 1.89. The van der Waals surface area contributed by atoms with Crippen LogP contribution in [0.25, 0.3) is 0 Å². The molecule has 0 aliphatic heterocycles. The van der Waals surface area contributed by atoms with Gasteiger partial charge in [-0.25, -0.2) is 0 Å². The quantitative estimate of drug-likeness (QED) is 0.442. The molecule has 0 bridgehead atoms. The van der Waals surface area contributed by atoms with E-state index in [9.17, 15) is 0 Å². The zero-order chi connectivity index (χ0) is 13.0. The first kappa shape index (κ1) is 12.9. The molecule has 0 heterocycles. The van der Waals surface area contributed by atoms with E-state index in [4.69, 9.17) is 20.6 Å². The van der Waals surface area contributed by atoms with Gasteiger partial charge in [-0.2, -0.15) is 0 Å². The van der Waals surface area contributed by atoms with Crippen LogP contribution in [-0.2, 0) is 11.3 Å². The summed E-state index contributed by atoms with van der Waals surface area (Å²) in [5, 5.41) is 7.44. The number of rotatable bonds is 7. The molecule has 1 aliphatic rings. The zero-order valence-corrected chi connectivity index (χ0v) is 10.7. The zero-order valence-electron chi connectivity index (χ0n) is 10.7. The summed E-state index contributed by atoms with van der Waals surface area (Å²) in [7, 11) is 1.58. The van der Waals surface area contributed by atoms with Crippen molar-refractivity contribution in [3.8, 4) is 5.75 Å². The second-order valence-corrected chi connectivity index (χ2v) is 4.73. The van der Waals surface area contributed by atoms with Crippen LogP contribution >= 0.6 is 0 Å². The second kappa shape index (κ2) is 5.87. The molecular weight excluding hydrogens is 228 g/mol. The van der Waals surface area contributed by atoms with Gasteiger partial charge in [0.05, 0.1) is 19.3 Å². The second-order valence-electron chi connectivity index (χ2n) is 4.73. The summed E-state index contributed by atoms with van der Waals surface area (Å²) in [5.41, 5.74) is 7.15. The van der Waals surface area contributed by atoms with Crippen molar-refractivity contribution >= 4 is 5.84 Å². The first-order chi connectivity index (χ1) is 8.70. The van der Waals surface area contributed by atoms with Crippen LogP contribution in [0.3, 0.4) is 0 Å². The van der Waals surface area contributed by atoms with Crippen LogP contribution in [0.5, 0.6) is 5.75 Å². The van der Waals surface area contributed by atoms with Gasteiger partial charge in [-0.1, -0.05) is 18.9 Å². The Labute approximate surface area is 108 Å². The van der Waals surface area contributed by atoms with Gasteiger partial charge >= 0.3 is 0 Å². The van der Waals surface area contributed by atoms with E-state index in [0.717, 1.165) is 18.1 Å². The number of ether oxygens (including phenoxy) is 2. The van der Waals surface area contributed by atoms with Crippen molar-refractivity contribution in [1.82, 2.24) is 0 Å². The van der Waals surface area contributed by atoms with Crippen molar-refractivity contribution in [2.75, 3.05) is 13.7 Å². The Morgan fingerprint density at radius 3 is 2.83 bits per heavy atom. The van der Waals surface area contributed by atoms with Crippen LogP contribution in [0.4, 0.5) is 0 Å². The Balaban J connectivity index is 1.89. The Hall–Kier alpha value is -1.55. The lowest BCUT2D eigenvalue weighted by Crippen LogP contribution is -2.12. The monoisotopic (exact) mass is 248 g/mol. The Bertz CT molecular complexity index is 428. The number of amidine groups is 1. The van der Waals surface area contributed by atoms with E-state index in [0.29, 0.717) is 17.9 Å². The minimum atomic E-state index is 0.0213. The molecule has 0 saturated heterocycles. The minimum Gasteiger partial charge on any atom is -0.496 e. The first-order valence-electron chi connectivity index (χ1n) is 6.29. The van der Waals surface area contributed by atoms with Gasteiger partial charge in [-0.05, 0) is 30.0 Å². The molecule has 98 valence electrons. The third-order valence-electron chi connectivity index (χ3n) is 3.19. The van der Waals surface area contributed by atoms with Crippen LogP contribution in [0.2, 0.25) is 0 Å². The van der Waals surface area contributed by atoms with Gasteiger partial charge in [0.1, 0.15) is 11.6 Å². The predicted molar refractivity (Wildman–Crippen MR) is 71.0 cm³/mol. The summed E-state index contributed by atoms with van der Waals surface area (Å²) in [6.07, 6.45) is 3.90. The van der Waals surface area contributed by atoms with E-state index in [2.05, 4.69) is 0 Å². The van der Waals surface area contributed by atoms with Crippen LogP contribution in [0.15, 0.2) is 18.2 Å². The van der Waals surface area contributed by atoms with Gasteiger partial charge in [-0.3, -0.25) is 5.41 Å². The van der Waals surface area contributed by atoms with Crippen molar-refractivity contribution in [3.63, 3.8) is 0 Å². The maximum Gasteiger partial charge on any atom is 0.130 e. The lowest BCUT2D eigenvalue weighted by atomic mass is 10.1. The molecule has 0 radical (unpaired) electrons. The Morgan fingerprint density at radius 1 is 1.44 bits per heavy atom. The van der Waals surface area contributed by atoms with Crippen molar-refractivity contribution < 1.29 is 9.47 Å². The number of hydrogen-bond donors (Lipinski definition) is 2. The molecule has 0 aromatic heterocycles. The van der Waals surface area contributed by atoms with Crippen LogP contribution in [0.1, 0.15) is 30.4 Å². The molecule has 1 aromatic rings. The standard InChI is InChI=1S/C14H20N2O2/c1-17-13-8-11(4-5-12(13)14(15)16)9-18-7-6-10-2-3-10/h4-5,8,10H,2-3,6-7,9H2,1H3,(H3,15,16). The molecule has 0 unspecified atom stereocenters. The maximum atomic E-state index is 7.44. The molecular formula is C14H20N2O2. The van der Waals surface area contributed by atoms with Gasteiger partial charge < -0.3 is 15.2 Å². The Morgan fingerprint density at radius 2 is 2.22 bits per heavy atom. The summed E-state index contributed by atoms with van der Waals surface area (Å²) in [5.74, 6) is 1.55. The van der Waals surface area contributed by atoms with E-state index in [-0.39, 0.29) is 5.84 Å². The molecule has 0 spiro atoms. The first-order valence-corrected chi connectivity index (χ1v) is 6.29. The van der Waals surface area contributed by atoms with Crippen molar-refractivity contribution in [1.29, 1.82) is 5.41 Å². The molecule has 1 aliphatic carbocycles. The predicted octanol–water partition coefficient (Wildman–Crippen LogP) is 2.30. The highest BCUT2D eigenvalue weighted by Crippen LogP contribution is 2.32. The molecule has 1 aromatic carbocycles. The van der Waals surface area contributed by atoms with Gasteiger partial charge in [0.15, 0.2) is 0 Å². The average Bonchev–Trinajstić information content (AvgIpc) is 3.18. The molecule has 2 rings (SSSR count). The lowest BCUT2D eigenvalue weighted by molar-refractivity contribution is 0.115. The van der Waals surface area contributed by atoms with Gasteiger partial charge in [0.25, 0.3) is 0 Å². The third-order valence-corrected chi connectivity index (χ3v) is 3.19. The van der Waals surface area contributed by atoms with Crippen molar-refractivity contribution in [2.45, 2.75) is 25.9 Å². The number of hydrogen-bond acceptors (Lipinski definition) is 3. The minimum absolute atomic E-state index is 0.0213. The highest BCUT2D eigenvalue weighted by Gasteiger charge is 2.20. The lowest BCUT2D eigenvalue weighted by Gasteiger charge is -2.10. The van der Waals surface area contributed by atoms with Crippen LogP contribution < -0.4 is 10.5 Å². The van der Waals surface area contributed by atoms with Gasteiger partial charge in [0.2, 0.25) is 0 Å². The van der Waals surface area contributed by atoms with Crippen LogP contribution in [0, 0.1) is 11.3 Å². The molecule has 0 amide bonds. The Kier molecular flexibility index (Phi) is 4.20. The number of methoxy groups -OCH3 is 1. The number of nitrogens with one attached hydrogen (secondary N) is 1. The maximum absolute atomic E-state index is 7.44. The van der Waals surface area contributed by atoms with E-state index in [1.54, 1.807) is 13.2 Å². The molecule has 4 heteroatoms. The summed E-state index contributed by atoms with van der Waals surface area (Å²) in [6.45, 7) is 1.41. The summed E-state index contributed by atoms with van der Waals surface area (Å²) in [4.78, 5) is 0. The topological polar surface area (TPSA) is 68.3 Å². The summed E-state index contributed by atoms with van der Waals surface area (Å²) in [6, 6.07) is 5.62. The van der Waals surface area contributed by atoms with Crippen molar-refractivity contribution in [2.24, 2.45) is 11.7 Å². The smallest absolute Gasteiger partial charge is 0.130 e. The fraction of sp³-hybridized carbons (Fsp3) is 0.500. The molecule has 4 nitrogen and oxygen atoms in total. The summed E-state index contributed by atoms with van der Waals surface area (Å²) < 4.78 is 10.9. The van der Waals surface area contributed by atoms with E-state index < -0.39 is 0 Å². The van der Waals surface area contributed by atoms with E-state index >= 15 is 0 Å². The SMILES string of the molecule is COc1cc(COCCC2CC2)ccc1C(=N)N. The largest absolute Gasteiger partial charge is 0.496 e. The number of benzene rings is 1. The molecule has 3 N–H and O–H groups in total. The number of nitrogens with two attached hydrogens (primary N) is 1. The molecule has 1 saturated carbocycles. The van der Waals surface area contributed by atoms with E-state index in [1.807, 2.05) is 12.1 Å². The third kappa shape index (κ3) is 3.47. The molecule has 18 heavy (non-hydrogen) atoms. The fourth-order valence-electron chi connectivity index (χ4n) is 1.89. The highest BCUT2D eigenvalue weighted by atomic mass is 16.5. The average molecular weight is 248 g/mol. The highest BCUT2D eigenvalue weighted by molar-refractivity contribution is 5.97. The van der Waals surface area contributed by atoms with Crippen molar-refractivity contribution in [3.05, 3.63) is 29.3 Å². The molecule has 1 fully saturated rings. The normalized spacial score (nSPS) is 14.5. The molecule has 0 atom stereocenters. The van der Waals surface area contributed by atoms with Crippen LogP contribution in [-0.4, -0.2) is 19.6 Å². The van der Waals surface area contributed by atoms with E-state index in [1.165, 1.54) is 19.3 Å².